The number of hydrogen-bond acceptors (Lipinski definition) is 4. The van der Waals surface area contributed by atoms with Crippen LogP contribution in [0.4, 0.5) is 0 Å². The second-order valence-corrected chi connectivity index (χ2v) is 5.06. The summed E-state index contributed by atoms with van der Waals surface area (Å²) in [5, 5.41) is 9.39. The standard InChI is InChI=1S/C9H11BrO3S/c1-5-7(10)3-6(14-5)4-8(11)9(12)13-2/h3,8,11H,4H2,1-2H3. The predicted molar refractivity (Wildman–Crippen MR) is 58.5 cm³/mol. The van der Waals surface area contributed by atoms with Crippen molar-refractivity contribution in [3.63, 3.8) is 0 Å². The largest absolute Gasteiger partial charge is 0.467 e. The highest BCUT2D eigenvalue weighted by Crippen LogP contribution is 2.27. The Morgan fingerprint density at radius 3 is 2.86 bits per heavy atom. The fraction of sp³-hybridized carbons (Fsp3) is 0.444. The number of aliphatic hydroxyl groups is 1. The number of halogens is 1. The third kappa shape index (κ3) is 2.80. The number of carbonyl (C=O) groups excluding carboxylic acids is 1. The molecule has 0 radical (unpaired) electrons. The van der Waals surface area contributed by atoms with Crippen LogP contribution in [-0.2, 0) is 16.0 Å². The van der Waals surface area contributed by atoms with E-state index in [4.69, 9.17) is 0 Å². The fourth-order valence-electron chi connectivity index (χ4n) is 1.03. The Morgan fingerprint density at radius 2 is 2.43 bits per heavy atom. The quantitative estimate of drug-likeness (QED) is 0.859. The molecule has 0 amide bonds. The van der Waals surface area contributed by atoms with Gasteiger partial charge in [-0.3, -0.25) is 0 Å². The number of thiophene rings is 1. The van der Waals surface area contributed by atoms with Gasteiger partial charge in [-0.1, -0.05) is 0 Å². The van der Waals surface area contributed by atoms with E-state index in [1.165, 1.54) is 7.11 Å². The summed E-state index contributed by atoms with van der Waals surface area (Å²) < 4.78 is 5.43. The lowest BCUT2D eigenvalue weighted by atomic mass is 10.2. The third-order valence-corrected chi connectivity index (χ3v) is 3.93. The van der Waals surface area contributed by atoms with Crippen molar-refractivity contribution in [2.24, 2.45) is 0 Å². The average Bonchev–Trinajstić information content (AvgIpc) is 2.44. The molecule has 0 aromatic carbocycles. The van der Waals surface area contributed by atoms with Crippen molar-refractivity contribution in [1.82, 2.24) is 0 Å². The van der Waals surface area contributed by atoms with Crippen molar-refractivity contribution in [3.05, 3.63) is 20.3 Å². The molecule has 1 heterocycles. The normalized spacial score (nSPS) is 12.6. The minimum Gasteiger partial charge on any atom is -0.467 e. The van der Waals surface area contributed by atoms with E-state index in [0.29, 0.717) is 6.42 Å². The monoisotopic (exact) mass is 278 g/mol. The highest BCUT2D eigenvalue weighted by Gasteiger charge is 2.17. The smallest absolute Gasteiger partial charge is 0.335 e. The van der Waals surface area contributed by atoms with E-state index < -0.39 is 12.1 Å². The molecular weight excluding hydrogens is 268 g/mol. The Bertz CT molecular complexity index is 315. The molecule has 1 N–H and O–H groups in total. The van der Waals surface area contributed by atoms with E-state index in [1.807, 2.05) is 13.0 Å². The van der Waals surface area contributed by atoms with Gasteiger partial charge in [0.25, 0.3) is 0 Å². The molecule has 0 aliphatic heterocycles. The Balaban J connectivity index is 2.64. The summed E-state index contributed by atoms with van der Waals surface area (Å²) >= 11 is 4.93. The van der Waals surface area contributed by atoms with Gasteiger partial charge in [-0.2, -0.15) is 0 Å². The van der Waals surface area contributed by atoms with Crippen molar-refractivity contribution in [2.45, 2.75) is 19.4 Å². The summed E-state index contributed by atoms with van der Waals surface area (Å²) in [6, 6.07) is 1.91. The van der Waals surface area contributed by atoms with E-state index in [0.717, 1.165) is 14.2 Å². The molecule has 1 unspecified atom stereocenters. The van der Waals surface area contributed by atoms with Gasteiger partial charge in [0, 0.05) is 20.6 Å². The lowest BCUT2D eigenvalue weighted by Gasteiger charge is -2.05. The summed E-state index contributed by atoms with van der Waals surface area (Å²) in [5.41, 5.74) is 0. The van der Waals surface area contributed by atoms with Gasteiger partial charge in [-0.05, 0) is 28.9 Å². The maximum atomic E-state index is 10.9. The summed E-state index contributed by atoms with van der Waals surface area (Å²) in [6.45, 7) is 1.97. The molecule has 0 saturated heterocycles. The summed E-state index contributed by atoms with van der Waals surface area (Å²) in [5.74, 6) is -0.591. The maximum absolute atomic E-state index is 10.9. The highest BCUT2D eigenvalue weighted by atomic mass is 79.9. The third-order valence-electron chi connectivity index (χ3n) is 1.78. The molecule has 14 heavy (non-hydrogen) atoms. The number of rotatable bonds is 3. The van der Waals surface area contributed by atoms with Gasteiger partial charge in [-0.15, -0.1) is 11.3 Å². The Kier molecular flexibility index (Phi) is 4.10. The van der Waals surface area contributed by atoms with Crippen molar-refractivity contribution < 1.29 is 14.6 Å². The number of carbonyl (C=O) groups is 1. The summed E-state index contributed by atoms with van der Waals surface area (Å²) in [7, 11) is 1.27. The molecule has 0 bridgehead atoms. The molecule has 0 aliphatic carbocycles. The molecule has 5 heteroatoms. The van der Waals surface area contributed by atoms with Crippen LogP contribution in [0.3, 0.4) is 0 Å². The summed E-state index contributed by atoms with van der Waals surface area (Å²) in [4.78, 5) is 13.0. The number of methoxy groups -OCH3 is 1. The number of hydrogen-bond donors (Lipinski definition) is 1. The van der Waals surface area contributed by atoms with Gasteiger partial charge in [0.05, 0.1) is 7.11 Å². The molecule has 1 atom stereocenters. The lowest BCUT2D eigenvalue weighted by molar-refractivity contribution is -0.150. The molecule has 1 aromatic rings. The number of ether oxygens (including phenoxy) is 1. The zero-order valence-electron chi connectivity index (χ0n) is 7.91. The molecule has 3 nitrogen and oxygen atoms in total. The van der Waals surface area contributed by atoms with Gasteiger partial charge >= 0.3 is 5.97 Å². The fourth-order valence-corrected chi connectivity index (χ4v) is 2.67. The Labute approximate surface area is 94.8 Å². The molecule has 78 valence electrons. The van der Waals surface area contributed by atoms with E-state index in [-0.39, 0.29) is 0 Å². The molecular formula is C9H11BrO3S. The van der Waals surface area contributed by atoms with Crippen molar-refractivity contribution in [2.75, 3.05) is 7.11 Å². The van der Waals surface area contributed by atoms with Crippen molar-refractivity contribution in [3.8, 4) is 0 Å². The van der Waals surface area contributed by atoms with Crippen LogP contribution in [0.2, 0.25) is 0 Å². The van der Waals surface area contributed by atoms with Gasteiger partial charge in [0.1, 0.15) is 0 Å². The topological polar surface area (TPSA) is 46.5 Å². The van der Waals surface area contributed by atoms with Crippen LogP contribution in [0.1, 0.15) is 9.75 Å². The first-order valence-corrected chi connectivity index (χ1v) is 5.66. The van der Waals surface area contributed by atoms with Crippen molar-refractivity contribution in [1.29, 1.82) is 0 Å². The summed E-state index contributed by atoms with van der Waals surface area (Å²) in [6.07, 6.45) is -0.756. The Morgan fingerprint density at radius 1 is 1.79 bits per heavy atom. The minimum atomic E-state index is -1.06. The van der Waals surface area contributed by atoms with E-state index in [2.05, 4.69) is 20.7 Å². The zero-order valence-corrected chi connectivity index (χ0v) is 10.3. The van der Waals surface area contributed by atoms with Gasteiger partial charge in [0.2, 0.25) is 0 Å². The van der Waals surface area contributed by atoms with Crippen LogP contribution in [0.15, 0.2) is 10.5 Å². The second-order valence-electron chi connectivity index (χ2n) is 2.86. The second kappa shape index (κ2) is 4.91. The van der Waals surface area contributed by atoms with Crippen LogP contribution in [-0.4, -0.2) is 24.3 Å². The average molecular weight is 279 g/mol. The molecule has 0 saturated carbocycles. The molecule has 1 rings (SSSR count). The van der Waals surface area contributed by atoms with E-state index in [1.54, 1.807) is 11.3 Å². The highest BCUT2D eigenvalue weighted by molar-refractivity contribution is 9.10. The van der Waals surface area contributed by atoms with Crippen LogP contribution in [0.5, 0.6) is 0 Å². The molecule has 0 fully saturated rings. The number of esters is 1. The maximum Gasteiger partial charge on any atom is 0.335 e. The first-order valence-electron chi connectivity index (χ1n) is 4.05. The van der Waals surface area contributed by atoms with Gasteiger partial charge in [-0.25, -0.2) is 4.79 Å². The minimum absolute atomic E-state index is 0.309. The predicted octanol–water partition coefficient (Wildman–Crippen LogP) is 1.90. The van der Waals surface area contributed by atoms with Gasteiger partial charge < -0.3 is 9.84 Å². The molecule has 1 aromatic heterocycles. The van der Waals surface area contributed by atoms with E-state index in [9.17, 15) is 9.90 Å². The van der Waals surface area contributed by atoms with Crippen LogP contribution < -0.4 is 0 Å². The number of aliphatic hydroxyl groups excluding tert-OH is 1. The van der Waals surface area contributed by atoms with Crippen molar-refractivity contribution >= 4 is 33.2 Å². The number of aryl methyl sites for hydroxylation is 1. The SMILES string of the molecule is COC(=O)C(O)Cc1cc(Br)c(C)s1. The van der Waals surface area contributed by atoms with Crippen LogP contribution in [0, 0.1) is 6.92 Å². The zero-order chi connectivity index (χ0) is 10.7. The Hall–Kier alpha value is -0.390. The van der Waals surface area contributed by atoms with E-state index >= 15 is 0 Å². The first-order chi connectivity index (χ1) is 6.54. The van der Waals surface area contributed by atoms with Crippen LogP contribution >= 0.6 is 27.3 Å². The molecule has 0 aliphatic rings. The van der Waals surface area contributed by atoms with Crippen LogP contribution in [0.25, 0.3) is 0 Å². The first kappa shape index (κ1) is 11.7. The lowest BCUT2D eigenvalue weighted by Crippen LogP contribution is -2.23. The molecule has 0 spiro atoms. The van der Waals surface area contributed by atoms with Gasteiger partial charge in [0.15, 0.2) is 6.10 Å².